The van der Waals surface area contributed by atoms with Crippen molar-refractivity contribution in [1.29, 1.82) is 0 Å². The molecule has 0 radical (unpaired) electrons. The number of carboxylic acids is 1. The highest BCUT2D eigenvalue weighted by atomic mass is 16.6. The van der Waals surface area contributed by atoms with Crippen molar-refractivity contribution in [2.45, 2.75) is 19.9 Å². The Hall–Kier alpha value is -4.21. The maximum Gasteiger partial charge on any atom is 0.338 e. The van der Waals surface area contributed by atoms with E-state index >= 15 is 0 Å². The first kappa shape index (κ1) is 20.5. The van der Waals surface area contributed by atoms with Gasteiger partial charge in [0.05, 0.1) is 28.4 Å². The molecular formula is C20H18N4O6. The third-order valence-electron chi connectivity index (χ3n) is 4.25. The average molecular weight is 410 g/mol. The second kappa shape index (κ2) is 8.43. The summed E-state index contributed by atoms with van der Waals surface area (Å²) in [4.78, 5) is 34.2. The number of carbonyl (C=O) groups is 2. The van der Waals surface area contributed by atoms with Crippen LogP contribution in [0.1, 0.15) is 28.9 Å². The van der Waals surface area contributed by atoms with E-state index in [0.717, 1.165) is 11.8 Å². The highest BCUT2D eigenvalue weighted by molar-refractivity contribution is 5.94. The van der Waals surface area contributed by atoms with Crippen LogP contribution in [0.15, 0.2) is 54.9 Å². The molecule has 0 spiro atoms. The Morgan fingerprint density at radius 2 is 1.90 bits per heavy atom. The summed E-state index contributed by atoms with van der Waals surface area (Å²) in [5.74, 6) is -1.02. The van der Waals surface area contributed by atoms with Gasteiger partial charge in [0.1, 0.15) is 17.5 Å². The molecule has 154 valence electrons. The Bertz CT molecular complexity index is 1110. The zero-order chi connectivity index (χ0) is 21.8. The summed E-state index contributed by atoms with van der Waals surface area (Å²) >= 11 is 0. The van der Waals surface area contributed by atoms with Gasteiger partial charge in [-0.2, -0.15) is 5.10 Å². The first-order chi connectivity index (χ1) is 14.2. The molecule has 0 fully saturated rings. The highest BCUT2D eigenvalue weighted by Gasteiger charge is 2.19. The predicted octanol–water partition coefficient (Wildman–Crippen LogP) is 3.79. The van der Waals surface area contributed by atoms with E-state index in [9.17, 15) is 19.7 Å². The van der Waals surface area contributed by atoms with E-state index in [0.29, 0.717) is 5.75 Å². The van der Waals surface area contributed by atoms with E-state index in [2.05, 4.69) is 10.4 Å². The second-order valence-electron chi connectivity index (χ2n) is 6.57. The Kier molecular flexibility index (Phi) is 5.77. The number of benzene rings is 2. The molecule has 1 aromatic heterocycles. The molecule has 0 saturated carbocycles. The van der Waals surface area contributed by atoms with Crippen molar-refractivity contribution >= 4 is 23.3 Å². The van der Waals surface area contributed by atoms with E-state index in [1.165, 1.54) is 36.0 Å². The fourth-order valence-corrected chi connectivity index (χ4v) is 2.59. The number of amides is 1. The van der Waals surface area contributed by atoms with Gasteiger partial charge in [-0.1, -0.05) is 17.7 Å². The maximum absolute atomic E-state index is 12.6. The molecule has 0 saturated heterocycles. The molecule has 1 unspecified atom stereocenters. The molecule has 1 amide bonds. The predicted molar refractivity (Wildman–Crippen MR) is 107 cm³/mol. The lowest BCUT2D eigenvalue weighted by molar-refractivity contribution is -0.384. The van der Waals surface area contributed by atoms with Crippen LogP contribution in [-0.4, -0.2) is 31.7 Å². The molecule has 1 atom stereocenters. The second-order valence-corrected chi connectivity index (χ2v) is 6.57. The number of aromatic carboxylic acids is 1. The Labute approximate surface area is 170 Å². The van der Waals surface area contributed by atoms with E-state index < -0.39 is 22.8 Å². The minimum Gasteiger partial charge on any atom is -0.478 e. The summed E-state index contributed by atoms with van der Waals surface area (Å²) in [6.07, 6.45) is 2.36. The largest absolute Gasteiger partial charge is 0.478 e. The third-order valence-corrected chi connectivity index (χ3v) is 4.25. The van der Waals surface area contributed by atoms with Gasteiger partial charge in [0.15, 0.2) is 0 Å². The summed E-state index contributed by atoms with van der Waals surface area (Å²) < 4.78 is 6.88. The lowest BCUT2D eigenvalue weighted by atomic mass is 10.2. The zero-order valence-electron chi connectivity index (χ0n) is 16.1. The molecule has 10 heteroatoms. The van der Waals surface area contributed by atoms with Gasteiger partial charge < -0.3 is 15.2 Å². The van der Waals surface area contributed by atoms with Crippen LogP contribution in [0.2, 0.25) is 0 Å². The van der Waals surface area contributed by atoms with Crippen LogP contribution >= 0.6 is 0 Å². The van der Waals surface area contributed by atoms with Crippen molar-refractivity contribution in [3.05, 3.63) is 76.1 Å². The lowest BCUT2D eigenvalue weighted by Crippen LogP contribution is -2.24. The summed E-state index contributed by atoms with van der Waals surface area (Å²) in [5, 5.41) is 26.7. The number of hydrogen-bond donors (Lipinski definition) is 2. The number of ether oxygens (including phenoxy) is 1. The maximum atomic E-state index is 12.6. The van der Waals surface area contributed by atoms with E-state index in [1.807, 2.05) is 19.1 Å². The average Bonchev–Trinajstić information content (AvgIpc) is 3.19. The molecule has 3 rings (SSSR count). The summed E-state index contributed by atoms with van der Waals surface area (Å²) in [6, 6.07) is 10.2. The lowest BCUT2D eigenvalue weighted by Gasteiger charge is -2.14. The molecule has 0 aliphatic heterocycles. The van der Waals surface area contributed by atoms with Crippen LogP contribution in [0.25, 0.3) is 0 Å². The normalized spacial score (nSPS) is 11.5. The van der Waals surface area contributed by atoms with Crippen LogP contribution < -0.4 is 10.1 Å². The first-order valence-electron chi connectivity index (χ1n) is 8.85. The molecule has 2 N–H and O–H groups in total. The number of non-ortho nitro benzene ring substituents is 1. The molecule has 0 aliphatic rings. The van der Waals surface area contributed by atoms with Gasteiger partial charge in [-0.15, -0.1) is 0 Å². The van der Waals surface area contributed by atoms with Crippen LogP contribution in [0.4, 0.5) is 11.4 Å². The number of hydrogen-bond acceptors (Lipinski definition) is 6. The fourth-order valence-electron chi connectivity index (χ4n) is 2.59. The van der Waals surface area contributed by atoms with Gasteiger partial charge in [-0.25, -0.2) is 4.79 Å². The number of nitro groups is 1. The van der Waals surface area contributed by atoms with Crippen LogP contribution in [0.5, 0.6) is 11.5 Å². The summed E-state index contributed by atoms with van der Waals surface area (Å²) in [5.41, 5.74) is 0.885. The molecule has 30 heavy (non-hydrogen) atoms. The number of nitrogens with zero attached hydrogens (tertiary/aromatic N) is 3. The molecular weight excluding hydrogens is 392 g/mol. The molecule has 0 bridgehead atoms. The van der Waals surface area contributed by atoms with Crippen molar-refractivity contribution in [2.75, 3.05) is 5.32 Å². The van der Waals surface area contributed by atoms with Gasteiger partial charge in [0.2, 0.25) is 5.91 Å². The van der Waals surface area contributed by atoms with E-state index in [1.54, 1.807) is 12.1 Å². The topological polar surface area (TPSA) is 137 Å². The highest BCUT2D eigenvalue weighted by Crippen LogP contribution is 2.30. The summed E-state index contributed by atoms with van der Waals surface area (Å²) in [6.45, 7) is 3.44. The SMILES string of the molecule is Cc1ccc(Oc2cc(NC(=O)C(C)n3cc(C(=O)O)cn3)cc([N+](=O)[O-])c2)cc1. The molecule has 1 heterocycles. The van der Waals surface area contributed by atoms with Crippen LogP contribution in [0, 0.1) is 17.0 Å². The number of carbonyl (C=O) groups excluding carboxylic acids is 1. The Morgan fingerprint density at radius 1 is 1.20 bits per heavy atom. The van der Waals surface area contributed by atoms with Crippen LogP contribution in [-0.2, 0) is 4.79 Å². The quantitative estimate of drug-likeness (QED) is 0.446. The van der Waals surface area contributed by atoms with E-state index in [-0.39, 0.29) is 22.7 Å². The molecule has 10 nitrogen and oxygen atoms in total. The fraction of sp³-hybridized carbons (Fsp3) is 0.150. The monoisotopic (exact) mass is 410 g/mol. The van der Waals surface area contributed by atoms with Crippen molar-refractivity contribution in [2.24, 2.45) is 0 Å². The molecule has 3 aromatic rings. The zero-order valence-corrected chi connectivity index (χ0v) is 16.1. The van der Waals surface area contributed by atoms with Gasteiger partial charge in [0.25, 0.3) is 5.69 Å². The number of carboxylic acid groups (broad SMARTS) is 1. The van der Waals surface area contributed by atoms with E-state index in [4.69, 9.17) is 9.84 Å². The number of nitro benzene ring substituents is 1. The minimum absolute atomic E-state index is 0.0567. The van der Waals surface area contributed by atoms with Crippen molar-refractivity contribution in [3.63, 3.8) is 0 Å². The third kappa shape index (κ3) is 4.79. The molecule has 2 aromatic carbocycles. The minimum atomic E-state index is -1.16. The summed E-state index contributed by atoms with van der Waals surface area (Å²) in [7, 11) is 0. The Morgan fingerprint density at radius 3 is 2.50 bits per heavy atom. The number of aryl methyl sites for hydroxylation is 1. The number of anilines is 1. The standard InChI is InChI=1S/C20H18N4O6/c1-12-3-5-17(6-4-12)30-18-8-15(7-16(9-18)24(28)29)22-19(25)13(2)23-11-14(10-21-23)20(26)27/h3-11,13H,1-2H3,(H,22,25)(H,26,27). The van der Waals surface area contributed by atoms with Crippen molar-refractivity contribution in [3.8, 4) is 11.5 Å². The number of aromatic nitrogens is 2. The van der Waals surface area contributed by atoms with Crippen molar-refractivity contribution in [1.82, 2.24) is 9.78 Å². The van der Waals surface area contributed by atoms with Gasteiger partial charge in [-0.05, 0) is 26.0 Å². The Balaban J connectivity index is 1.82. The van der Waals surface area contributed by atoms with Crippen molar-refractivity contribution < 1.29 is 24.4 Å². The molecule has 0 aliphatic carbocycles. The smallest absolute Gasteiger partial charge is 0.338 e. The first-order valence-corrected chi connectivity index (χ1v) is 8.85. The number of nitrogens with one attached hydrogen (secondary N) is 1. The van der Waals surface area contributed by atoms with Crippen LogP contribution in [0.3, 0.4) is 0 Å². The van der Waals surface area contributed by atoms with Gasteiger partial charge >= 0.3 is 5.97 Å². The number of rotatable bonds is 7. The van der Waals surface area contributed by atoms with Gasteiger partial charge in [-0.3, -0.25) is 19.6 Å². The van der Waals surface area contributed by atoms with Gasteiger partial charge in [0, 0.05) is 18.3 Å².